The zero-order valence-electron chi connectivity index (χ0n) is 12.0. The predicted molar refractivity (Wildman–Crippen MR) is 74.5 cm³/mol. The number of carbonyl (C=O) groups is 2. The Morgan fingerprint density at radius 2 is 2.05 bits per heavy atom. The van der Waals surface area contributed by atoms with Crippen LogP contribution in [0.5, 0.6) is 0 Å². The van der Waals surface area contributed by atoms with Crippen LogP contribution in [-0.2, 0) is 4.74 Å². The lowest BCUT2D eigenvalue weighted by molar-refractivity contribution is 0.0525. The first kappa shape index (κ1) is 15.6. The Morgan fingerprint density at radius 3 is 2.58 bits per heavy atom. The highest BCUT2D eigenvalue weighted by molar-refractivity contribution is 7.11. The second-order valence-electron chi connectivity index (χ2n) is 5.48. The highest BCUT2D eigenvalue weighted by Gasteiger charge is 2.22. The van der Waals surface area contributed by atoms with Crippen molar-refractivity contribution in [3.8, 4) is 0 Å². The summed E-state index contributed by atoms with van der Waals surface area (Å²) in [6.45, 7) is 8.82. The molecule has 1 heterocycles. The van der Waals surface area contributed by atoms with Crippen LogP contribution in [-0.4, -0.2) is 42.0 Å². The van der Waals surface area contributed by atoms with Gasteiger partial charge in [-0.15, -0.1) is 11.3 Å². The molecule has 19 heavy (non-hydrogen) atoms. The molecule has 106 valence electrons. The molecule has 0 aliphatic rings. The van der Waals surface area contributed by atoms with Crippen LogP contribution in [0, 0.1) is 5.41 Å². The summed E-state index contributed by atoms with van der Waals surface area (Å²) in [5, 5.41) is 1.81. The van der Waals surface area contributed by atoms with E-state index in [0.29, 0.717) is 18.8 Å². The van der Waals surface area contributed by atoms with Crippen molar-refractivity contribution in [2.45, 2.75) is 27.7 Å². The normalized spacial score (nSPS) is 11.2. The molecular weight excluding hydrogens is 264 g/mol. The maximum Gasteiger partial charge on any atom is 0.367 e. The van der Waals surface area contributed by atoms with Crippen molar-refractivity contribution in [1.82, 2.24) is 9.88 Å². The van der Waals surface area contributed by atoms with Crippen molar-refractivity contribution < 1.29 is 14.3 Å². The second-order valence-corrected chi connectivity index (χ2v) is 6.34. The van der Waals surface area contributed by atoms with E-state index in [1.54, 1.807) is 24.3 Å². The largest absolute Gasteiger partial charge is 0.461 e. The Kier molecular flexibility index (Phi) is 5.05. The van der Waals surface area contributed by atoms with Crippen LogP contribution in [0.15, 0.2) is 5.38 Å². The number of carbonyl (C=O) groups excluding carboxylic acids is 2. The Hall–Kier alpha value is -1.43. The van der Waals surface area contributed by atoms with Gasteiger partial charge in [0.05, 0.1) is 6.61 Å². The maximum absolute atomic E-state index is 12.1. The zero-order chi connectivity index (χ0) is 14.6. The number of ether oxygens (including phenoxy) is 1. The minimum absolute atomic E-state index is 0.0183. The van der Waals surface area contributed by atoms with E-state index in [1.165, 1.54) is 0 Å². The molecule has 0 bridgehead atoms. The monoisotopic (exact) mass is 284 g/mol. The number of hydrogen-bond acceptors (Lipinski definition) is 5. The average Bonchev–Trinajstić information content (AvgIpc) is 2.75. The molecule has 0 aliphatic carbocycles. The van der Waals surface area contributed by atoms with E-state index < -0.39 is 5.97 Å². The highest BCUT2D eigenvalue weighted by atomic mass is 32.1. The fourth-order valence-corrected chi connectivity index (χ4v) is 2.32. The summed E-state index contributed by atoms with van der Waals surface area (Å²) in [4.78, 5) is 29.3. The summed E-state index contributed by atoms with van der Waals surface area (Å²) in [5.41, 5.74) is 0.310. The summed E-state index contributed by atoms with van der Waals surface area (Å²) in [5.74, 6) is -0.660. The molecule has 1 aromatic rings. The Balaban J connectivity index is 2.76. The molecule has 0 saturated heterocycles. The van der Waals surface area contributed by atoms with Gasteiger partial charge in [0.2, 0.25) is 5.01 Å². The van der Waals surface area contributed by atoms with Gasteiger partial charge in [-0.2, -0.15) is 0 Å². The minimum Gasteiger partial charge on any atom is -0.461 e. The van der Waals surface area contributed by atoms with Crippen LogP contribution in [0.25, 0.3) is 0 Å². The third-order valence-electron chi connectivity index (χ3n) is 2.23. The van der Waals surface area contributed by atoms with Crippen LogP contribution in [0.2, 0.25) is 0 Å². The second kappa shape index (κ2) is 6.14. The third-order valence-corrected chi connectivity index (χ3v) is 3.05. The first-order valence-corrected chi connectivity index (χ1v) is 7.00. The van der Waals surface area contributed by atoms with Gasteiger partial charge in [-0.3, -0.25) is 4.79 Å². The average molecular weight is 284 g/mol. The van der Waals surface area contributed by atoms with Gasteiger partial charge in [0.15, 0.2) is 0 Å². The van der Waals surface area contributed by atoms with Crippen molar-refractivity contribution in [2.75, 3.05) is 20.2 Å². The summed E-state index contributed by atoms with van der Waals surface area (Å²) in [6.07, 6.45) is 0. The van der Waals surface area contributed by atoms with Crippen molar-refractivity contribution in [3.05, 3.63) is 16.1 Å². The van der Waals surface area contributed by atoms with E-state index in [9.17, 15) is 9.59 Å². The highest BCUT2D eigenvalue weighted by Crippen LogP contribution is 2.17. The third kappa shape index (κ3) is 4.63. The molecule has 0 fully saturated rings. The molecule has 0 atom stereocenters. The molecule has 0 radical (unpaired) electrons. The van der Waals surface area contributed by atoms with Gasteiger partial charge in [-0.1, -0.05) is 20.8 Å². The first-order chi connectivity index (χ1) is 8.74. The first-order valence-electron chi connectivity index (χ1n) is 6.12. The number of nitrogens with zero attached hydrogens (tertiary/aromatic N) is 2. The number of rotatable bonds is 4. The molecule has 0 spiro atoms. The number of hydrogen-bond donors (Lipinski definition) is 0. The molecule has 5 nitrogen and oxygen atoms in total. The Labute approximate surface area is 117 Å². The standard InChI is InChI=1S/C13H20N2O3S/c1-6-18-12(17)10-14-9(7-19-10)11(16)15(5)8-13(2,3)4/h7H,6,8H2,1-5H3. The quantitative estimate of drug-likeness (QED) is 0.797. The van der Waals surface area contributed by atoms with E-state index in [-0.39, 0.29) is 16.3 Å². The number of esters is 1. The SMILES string of the molecule is CCOC(=O)c1nc(C(=O)N(C)CC(C)(C)C)cs1. The van der Waals surface area contributed by atoms with E-state index >= 15 is 0 Å². The molecular formula is C13H20N2O3S. The molecule has 0 aliphatic heterocycles. The predicted octanol–water partition coefficient (Wildman–Crippen LogP) is 2.44. The van der Waals surface area contributed by atoms with Crippen molar-refractivity contribution >= 4 is 23.2 Å². The van der Waals surface area contributed by atoms with Gasteiger partial charge in [-0.25, -0.2) is 9.78 Å². The molecule has 6 heteroatoms. The fraction of sp³-hybridized carbons (Fsp3) is 0.615. The molecule has 0 saturated carbocycles. The zero-order valence-corrected chi connectivity index (χ0v) is 12.8. The van der Waals surface area contributed by atoms with Gasteiger partial charge >= 0.3 is 5.97 Å². The van der Waals surface area contributed by atoms with E-state index in [0.717, 1.165) is 11.3 Å². The molecule has 0 aromatic carbocycles. The summed E-state index contributed by atoms with van der Waals surface area (Å²) >= 11 is 1.13. The molecule has 0 N–H and O–H groups in total. The van der Waals surface area contributed by atoms with Crippen LogP contribution in [0.4, 0.5) is 0 Å². The molecule has 0 unspecified atom stereocenters. The lowest BCUT2D eigenvalue weighted by Gasteiger charge is -2.25. The van der Waals surface area contributed by atoms with Crippen LogP contribution < -0.4 is 0 Å². The van der Waals surface area contributed by atoms with Crippen LogP contribution in [0.1, 0.15) is 48.0 Å². The summed E-state index contributed by atoms with van der Waals surface area (Å²) in [6, 6.07) is 0. The maximum atomic E-state index is 12.1. The number of aromatic nitrogens is 1. The van der Waals surface area contributed by atoms with E-state index in [2.05, 4.69) is 25.8 Å². The smallest absolute Gasteiger partial charge is 0.367 e. The van der Waals surface area contributed by atoms with Gasteiger partial charge < -0.3 is 9.64 Å². The Bertz CT molecular complexity index is 463. The summed E-state index contributed by atoms with van der Waals surface area (Å²) < 4.78 is 4.85. The minimum atomic E-state index is -0.481. The number of thiazole rings is 1. The van der Waals surface area contributed by atoms with Gasteiger partial charge in [0, 0.05) is 19.0 Å². The molecule has 1 amide bonds. The van der Waals surface area contributed by atoms with Gasteiger partial charge in [0.25, 0.3) is 5.91 Å². The topological polar surface area (TPSA) is 59.5 Å². The van der Waals surface area contributed by atoms with E-state index in [1.807, 2.05) is 0 Å². The van der Waals surface area contributed by atoms with E-state index in [4.69, 9.17) is 4.74 Å². The van der Waals surface area contributed by atoms with Crippen LogP contribution in [0.3, 0.4) is 0 Å². The van der Waals surface area contributed by atoms with Crippen molar-refractivity contribution in [1.29, 1.82) is 0 Å². The van der Waals surface area contributed by atoms with Gasteiger partial charge in [-0.05, 0) is 12.3 Å². The molecule has 1 aromatic heterocycles. The fourth-order valence-electron chi connectivity index (χ4n) is 1.64. The number of amides is 1. The summed E-state index contributed by atoms with van der Waals surface area (Å²) in [7, 11) is 1.73. The van der Waals surface area contributed by atoms with Crippen LogP contribution >= 0.6 is 11.3 Å². The molecule has 1 rings (SSSR count). The van der Waals surface area contributed by atoms with Crippen molar-refractivity contribution in [3.63, 3.8) is 0 Å². The lowest BCUT2D eigenvalue weighted by Crippen LogP contribution is -2.34. The van der Waals surface area contributed by atoms with Gasteiger partial charge in [0.1, 0.15) is 5.69 Å². The van der Waals surface area contributed by atoms with Crippen molar-refractivity contribution in [2.24, 2.45) is 5.41 Å². The Morgan fingerprint density at radius 1 is 1.42 bits per heavy atom. The lowest BCUT2D eigenvalue weighted by atomic mass is 9.96.